The molecule has 3 heterocycles. The van der Waals surface area contributed by atoms with E-state index in [4.69, 9.17) is 16.6 Å². The van der Waals surface area contributed by atoms with E-state index in [-0.39, 0.29) is 24.8 Å². The van der Waals surface area contributed by atoms with Gasteiger partial charge in [-0.05, 0) is 18.6 Å². The Bertz CT molecular complexity index is 829. The number of thiocarbonyl (C=S) groups is 1. The fraction of sp³-hybridized carbons (Fsp3) is 0.267. The number of anilines is 1. The van der Waals surface area contributed by atoms with Crippen molar-refractivity contribution in [1.29, 1.82) is 0 Å². The fourth-order valence-electron chi connectivity index (χ4n) is 2.04. The van der Waals surface area contributed by atoms with Crippen molar-refractivity contribution in [1.82, 2.24) is 15.1 Å². The van der Waals surface area contributed by atoms with Gasteiger partial charge in [0.15, 0.2) is 0 Å². The lowest BCUT2D eigenvalue weighted by molar-refractivity contribution is -0.122. The highest BCUT2D eigenvalue weighted by atomic mass is 32.2. The van der Waals surface area contributed by atoms with E-state index in [1.807, 2.05) is 6.92 Å². The molecule has 1 aliphatic rings. The van der Waals surface area contributed by atoms with E-state index >= 15 is 0 Å². The van der Waals surface area contributed by atoms with Crippen LogP contribution in [0.5, 0.6) is 0 Å². The smallest absolute Gasteiger partial charge is 0.266 e. The first kappa shape index (κ1) is 17.8. The molecule has 0 spiro atoms. The molecule has 2 aromatic rings. The van der Waals surface area contributed by atoms with Gasteiger partial charge in [0, 0.05) is 19.0 Å². The molecule has 3 rings (SSSR count). The molecule has 130 valence electrons. The highest BCUT2D eigenvalue weighted by Crippen LogP contribution is 2.32. The van der Waals surface area contributed by atoms with Gasteiger partial charge in [0.2, 0.25) is 11.0 Å². The summed E-state index contributed by atoms with van der Waals surface area (Å²) >= 11 is 7.77. The van der Waals surface area contributed by atoms with Gasteiger partial charge in [-0.15, -0.1) is 10.2 Å². The molecule has 1 N–H and O–H groups in total. The Balaban J connectivity index is 1.56. The largest absolute Gasteiger partial charge is 0.465 e. The number of furan rings is 1. The minimum atomic E-state index is -0.233. The normalized spacial score (nSPS) is 16.0. The van der Waals surface area contributed by atoms with Crippen LogP contribution >= 0.6 is 35.3 Å². The van der Waals surface area contributed by atoms with Crippen LogP contribution in [0.4, 0.5) is 5.13 Å². The number of aryl methyl sites for hydroxylation is 1. The van der Waals surface area contributed by atoms with Crippen molar-refractivity contribution in [2.45, 2.75) is 19.8 Å². The van der Waals surface area contributed by atoms with E-state index in [1.54, 1.807) is 18.2 Å². The molecule has 0 aromatic carbocycles. The van der Waals surface area contributed by atoms with Crippen LogP contribution in [0.15, 0.2) is 27.7 Å². The standard InChI is InChI=1S/C15H14N4O3S3/c1-2-12-17-18-14(25-12)16-11(20)5-6-19-13(21)10(24-15(19)23)8-9-4-3-7-22-9/h3-4,7-8H,2,5-6H2,1H3,(H,16,18,20). The van der Waals surface area contributed by atoms with Crippen molar-refractivity contribution >= 4 is 62.7 Å². The van der Waals surface area contributed by atoms with Gasteiger partial charge in [-0.3, -0.25) is 14.5 Å². The number of hydrogen-bond acceptors (Lipinski definition) is 8. The number of nitrogens with one attached hydrogen (secondary N) is 1. The molecule has 7 nitrogen and oxygen atoms in total. The third kappa shape index (κ3) is 4.33. The second kappa shape index (κ2) is 7.89. The topological polar surface area (TPSA) is 88.3 Å². The first-order valence-electron chi connectivity index (χ1n) is 7.48. The maximum atomic E-state index is 12.4. The quantitative estimate of drug-likeness (QED) is 0.595. The van der Waals surface area contributed by atoms with Crippen molar-refractivity contribution in [3.63, 3.8) is 0 Å². The molecule has 2 aromatic heterocycles. The third-order valence-electron chi connectivity index (χ3n) is 3.27. The summed E-state index contributed by atoms with van der Waals surface area (Å²) in [4.78, 5) is 26.3. The number of aromatic nitrogens is 2. The number of nitrogens with zero attached hydrogens (tertiary/aromatic N) is 3. The second-order valence-electron chi connectivity index (χ2n) is 5.00. The van der Waals surface area contributed by atoms with E-state index in [0.717, 1.165) is 11.4 Å². The highest BCUT2D eigenvalue weighted by molar-refractivity contribution is 8.26. The zero-order valence-corrected chi connectivity index (χ0v) is 15.7. The van der Waals surface area contributed by atoms with Gasteiger partial charge in [0.05, 0.1) is 11.2 Å². The van der Waals surface area contributed by atoms with Crippen LogP contribution in [-0.2, 0) is 16.0 Å². The second-order valence-corrected chi connectivity index (χ2v) is 7.74. The van der Waals surface area contributed by atoms with Crippen LogP contribution in [0, 0.1) is 0 Å². The molecular weight excluding hydrogens is 380 g/mol. The number of amides is 2. The van der Waals surface area contributed by atoms with Crippen molar-refractivity contribution in [3.05, 3.63) is 34.1 Å². The summed E-state index contributed by atoms with van der Waals surface area (Å²) in [6.07, 6.45) is 4.08. The van der Waals surface area contributed by atoms with Crippen LogP contribution in [0.25, 0.3) is 6.08 Å². The van der Waals surface area contributed by atoms with E-state index < -0.39 is 0 Å². The molecule has 0 aliphatic carbocycles. The summed E-state index contributed by atoms with van der Waals surface area (Å²) in [5.41, 5.74) is 0. The Morgan fingerprint density at radius 3 is 3.00 bits per heavy atom. The lowest BCUT2D eigenvalue weighted by atomic mass is 10.3. The zero-order chi connectivity index (χ0) is 17.8. The number of carbonyl (C=O) groups excluding carboxylic acids is 2. The number of hydrogen-bond donors (Lipinski definition) is 1. The Morgan fingerprint density at radius 2 is 2.32 bits per heavy atom. The van der Waals surface area contributed by atoms with Crippen LogP contribution in [0.2, 0.25) is 0 Å². The fourth-order valence-corrected chi connectivity index (χ4v) is 4.02. The van der Waals surface area contributed by atoms with Gasteiger partial charge < -0.3 is 9.73 Å². The third-order valence-corrected chi connectivity index (χ3v) is 5.63. The van der Waals surface area contributed by atoms with Crippen LogP contribution < -0.4 is 5.32 Å². The van der Waals surface area contributed by atoms with Gasteiger partial charge in [-0.25, -0.2) is 0 Å². The summed E-state index contributed by atoms with van der Waals surface area (Å²) in [5, 5.41) is 11.8. The molecule has 2 amide bonds. The predicted molar refractivity (Wildman–Crippen MR) is 101 cm³/mol. The average Bonchev–Trinajstić information content (AvgIpc) is 3.30. The molecule has 1 fully saturated rings. The van der Waals surface area contributed by atoms with Crippen LogP contribution in [0.3, 0.4) is 0 Å². The molecule has 0 radical (unpaired) electrons. The molecule has 1 saturated heterocycles. The Labute approximate surface area is 157 Å². The molecule has 1 aliphatic heterocycles. The Kier molecular flexibility index (Phi) is 5.61. The minimum Gasteiger partial charge on any atom is -0.465 e. The molecule has 25 heavy (non-hydrogen) atoms. The monoisotopic (exact) mass is 394 g/mol. The SMILES string of the molecule is CCc1nnc(NC(=O)CCN2C(=O)C(=Cc3ccco3)SC2=S)s1. The first-order valence-corrected chi connectivity index (χ1v) is 9.52. The number of thioether (sulfide) groups is 1. The molecule has 0 unspecified atom stereocenters. The van der Waals surface area contributed by atoms with E-state index in [9.17, 15) is 9.59 Å². The van der Waals surface area contributed by atoms with Gasteiger partial charge in [0.1, 0.15) is 15.1 Å². The summed E-state index contributed by atoms with van der Waals surface area (Å²) in [6.45, 7) is 2.18. The number of carbonyl (C=O) groups is 2. The lowest BCUT2D eigenvalue weighted by Crippen LogP contribution is -2.31. The summed E-state index contributed by atoms with van der Waals surface area (Å²) in [6, 6.07) is 3.50. The summed E-state index contributed by atoms with van der Waals surface area (Å²) in [7, 11) is 0. The van der Waals surface area contributed by atoms with Crippen molar-refractivity contribution in [2.75, 3.05) is 11.9 Å². The van der Waals surface area contributed by atoms with Crippen molar-refractivity contribution in [3.8, 4) is 0 Å². The summed E-state index contributed by atoms with van der Waals surface area (Å²) in [5.74, 6) is 0.132. The molecule has 10 heteroatoms. The predicted octanol–water partition coefficient (Wildman–Crippen LogP) is 2.92. The van der Waals surface area contributed by atoms with Gasteiger partial charge >= 0.3 is 0 Å². The highest BCUT2D eigenvalue weighted by Gasteiger charge is 2.32. The number of rotatable bonds is 6. The van der Waals surface area contributed by atoms with Crippen LogP contribution in [0.1, 0.15) is 24.1 Å². The maximum Gasteiger partial charge on any atom is 0.266 e. The van der Waals surface area contributed by atoms with Gasteiger partial charge in [-0.1, -0.05) is 42.2 Å². The maximum absolute atomic E-state index is 12.4. The first-order chi connectivity index (χ1) is 12.1. The zero-order valence-electron chi connectivity index (χ0n) is 13.2. The van der Waals surface area contributed by atoms with E-state index in [0.29, 0.717) is 20.1 Å². The van der Waals surface area contributed by atoms with Crippen molar-refractivity contribution in [2.24, 2.45) is 0 Å². The lowest BCUT2D eigenvalue weighted by Gasteiger charge is -2.13. The van der Waals surface area contributed by atoms with E-state index in [1.165, 1.54) is 34.3 Å². The minimum absolute atomic E-state index is 0.126. The molecule has 0 atom stereocenters. The Hall–Kier alpha value is -2.04. The van der Waals surface area contributed by atoms with Gasteiger partial charge in [0.25, 0.3) is 5.91 Å². The van der Waals surface area contributed by atoms with Gasteiger partial charge in [-0.2, -0.15) is 0 Å². The van der Waals surface area contributed by atoms with Crippen molar-refractivity contribution < 1.29 is 14.0 Å². The summed E-state index contributed by atoms with van der Waals surface area (Å²) < 4.78 is 5.64. The molecule has 0 saturated carbocycles. The van der Waals surface area contributed by atoms with E-state index in [2.05, 4.69) is 15.5 Å². The Morgan fingerprint density at radius 1 is 1.48 bits per heavy atom. The molecular formula is C15H14N4O3S3. The van der Waals surface area contributed by atoms with Crippen LogP contribution in [-0.4, -0.2) is 37.8 Å². The average molecular weight is 395 g/mol. The molecule has 0 bridgehead atoms.